The van der Waals surface area contributed by atoms with E-state index >= 15 is 0 Å². The van der Waals surface area contributed by atoms with Crippen molar-refractivity contribution >= 4 is 17.8 Å². The van der Waals surface area contributed by atoms with Crippen LogP contribution in [0.4, 0.5) is 0 Å². The largest absolute Gasteiger partial charge is 0.481 e. The molecular formula is C10H16N2O6. The zero-order chi connectivity index (χ0) is 13.7. The summed E-state index contributed by atoms with van der Waals surface area (Å²) in [6.07, 6.45) is -0.496. The summed E-state index contributed by atoms with van der Waals surface area (Å²) in [5, 5.41) is 19.6. The van der Waals surface area contributed by atoms with Gasteiger partial charge in [0.15, 0.2) is 0 Å². The predicted octanol–water partition coefficient (Wildman–Crippen LogP) is -1.61. The molecule has 1 aliphatic rings. The first kappa shape index (κ1) is 14.4. The second-order valence-corrected chi connectivity index (χ2v) is 4.14. The highest BCUT2D eigenvalue weighted by molar-refractivity contribution is 5.86. The average Bonchev–Trinajstić information content (AvgIpc) is 2.69. The van der Waals surface area contributed by atoms with Gasteiger partial charge in [0.05, 0.1) is 19.1 Å². The first-order valence-corrected chi connectivity index (χ1v) is 5.50. The van der Waals surface area contributed by atoms with E-state index in [1.807, 2.05) is 0 Å². The molecule has 8 nitrogen and oxygen atoms in total. The van der Waals surface area contributed by atoms with Crippen LogP contribution >= 0.6 is 0 Å². The zero-order valence-corrected chi connectivity index (χ0v) is 9.67. The van der Waals surface area contributed by atoms with Gasteiger partial charge in [-0.15, -0.1) is 0 Å². The van der Waals surface area contributed by atoms with Crippen LogP contribution in [0.5, 0.6) is 0 Å². The SMILES string of the molecule is NC1COCC1C(=O)N[C@@H](CCC(=O)O)C(=O)O. The second-order valence-electron chi connectivity index (χ2n) is 4.14. The number of carbonyl (C=O) groups is 3. The number of nitrogens with two attached hydrogens (primary N) is 1. The Labute approximate surface area is 103 Å². The molecule has 0 bridgehead atoms. The lowest BCUT2D eigenvalue weighted by Gasteiger charge is -2.18. The molecule has 8 heteroatoms. The summed E-state index contributed by atoms with van der Waals surface area (Å²) in [4.78, 5) is 33.0. The third-order valence-corrected chi connectivity index (χ3v) is 2.72. The maximum Gasteiger partial charge on any atom is 0.326 e. The average molecular weight is 260 g/mol. The monoisotopic (exact) mass is 260 g/mol. The summed E-state index contributed by atoms with van der Waals surface area (Å²) >= 11 is 0. The summed E-state index contributed by atoms with van der Waals surface area (Å²) in [7, 11) is 0. The number of hydrogen-bond donors (Lipinski definition) is 4. The van der Waals surface area contributed by atoms with Gasteiger partial charge in [0.2, 0.25) is 5.91 Å². The molecule has 0 aliphatic carbocycles. The summed E-state index contributed by atoms with van der Waals surface area (Å²) in [5.74, 6) is -3.48. The number of carboxylic acids is 2. The Morgan fingerprint density at radius 2 is 2.00 bits per heavy atom. The number of rotatable bonds is 6. The van der Waals surface area contributed by atoms with Crippen LogP contribution in [-0.4, -0.2) is 53.4 Å². The molecule has 1 rings (SSSR count). The fourth-order valence-corrected chi connectivity index (χ4v) is 1.64. The maximum atomic E-state index is 11.7. The van der Waals surface area contributed by atoms with E-state index in [9.17, 15) is 14.4 Å². The first-order chi connectivity index (χ1) is 8.41. The van der Waals surface area contributed by atoms with Crippen LogP contribution in [0.25, 0.3) is 0 Å². The quantitative estimate of drug-likeness (QED) is 0.450. The lowest BCUT2D eigenvalue weighted by atomic mass is 10.0. The van der Waals surface area contributed by atoms with Crippen LogP contribution < -0.4 is 11.1 Å². The Balaban J connectivity index is 2.52. The molecular weight excluding hydrogens is 244 g/mol. The van der Waals surface area contributed by atoms with Gasteiger partial charge in [-0.05, 0) is 6.42 Å². The molecule has 1 fully saturated rings. The molecule has 102 valence electrons. The van der Waals surface area contributed by atoms with Crippen molar-refractivity contribution in [2.45, 2.75) is 24.9 Å². The number of aliphatic carboxylic acids is 2. The number of carbonyl (C=O) groups excluding carboxylic acids is 1. The van der Waals surface area contributed by atoms with Crippen molar-refractivity contribution in [3.05, 3.63) is 0 Å². The zero-order valence-electron chi connectivity index (χ0n) is 9.67. The Morgan fingerprint density at radius 3 is 2.44 bits per heavy atom. The molecule has 3 atom stereocenters. The van der Waals surface area contributed by atoms with Gasteiger partial charge in [0.25, 0.3) is 0 Å². The van der Waals surface area contributed by atoms with Gasteiger partial charge < -0.3 is 26.0 Å². The van der Waals surface area contributed by atoms with Crippen LogP contribution in [0.3, 0.4) is 0 Å². The van der Waals surface area contributed by atoms with E-state index in [4.69, 9.17) is 20.7 Å². The van der Waals surface area contributed by atoms with Crippen molar-refractivity contribution in [3.63, 3.8) is 0 Å². The van der Waals surface area contributed by atoms with Gasteiger partial charge in [-0.2, -0.15) is 0 Å². The van der Waals surface area contributed by atoms with Gasteiger partial charge >= 0.3 is 11.9 Å². The molecule has 2 unspecified atom stereocenters. The molecule has 0 aromatic rings. The van der Waals surface area contributed by atoms with E-state index in [0.717, 1.165) is 0 Å². The van der Waals surface area contributed by atoms with Crippen molar-refractivity contribution in [1.82, 2.24) is 5.32 Å². The minimum absolute atomic E-state index is 0.151. The third-order valence-electron chi connectivity index (χ3n) is 2.72. The lowest BCUT2D eigenvalue weighted by molar-refractivity contribution is -0.143. The highest BCUT2D eigenvalue weighted by Crippen LogP contribution is 2.12. The Bertz CT molecular complexity index is 345. The standard InChI is InChI=1S/C10H16N2O6/c11-6-4-18-3-5(6)9(15)12-7(10(16)17)1-2-8(13)14/h5-7H,1-4,11H2,(H,12,15)(H,13,14)(H,16,17)/t5?,6?,7-/m0/s1. The summed E-state index contributed by atoms with van der Waals surface area (Å²) in [6.45, 7) is 0.406. The molecule has 0 aromatic heterocycles. The predicted molar refractivity (Wildman–Crippen MR) is 58.7 cm³/mol. The summed E-state index contributed by atoms with van der Waals surface area (Å²) < 4.78 is 5.00. The maximum absolute atomic E-state index is 11.7. The molecule has 0 radical (unpaired) electrons. The van der Waals surface area contributed by atoms with Crippen LogP contribution in [0.2, 0.25) is 0 Å². The smallest absolute Gasteiger partial charge is 0.326 e. The molecule has 1 heterocycles. The Morgan fingerprint density at radius 1 is 1.33 bits per heavy atom. The van der Waals surface area contributed by atoms with Crippen LogP contribution in [0.15, 0.2) is 0 Å². The van der Waals surface area contributed by atoms with Gasteiger partial charge in [0, 0.05) is 12.5 Å². The van der Waals surface area contributed by atoms with Crippen LogP contribution in [0, 0.1) is 5.92 Å². The topological polar surface area (TPSA) is 139 Å². The highest BCUT2D eigenvalue weighted by atomic mass is 16.5. The highest BCUT2D eigenvalue weighted by Gasteiger charge is 2.33. The Hall–Kier alpha value is -1.67. The number of carboxylic acid groups (broad SMARTS) is 2. The van der Waals surface area contributed by atoms with E-state index in [0.29, 0.717) is 0 Å². The fourth-order valence-electron chi connectivity index (χ4n) is 1.64. The van der Waals surface area contributed by atoms with Crippen LogP contribution in [0.1, 0.15) is 12.8 Å². The second kappa shape index (κ2) is 6.31. The van der Waals surface area contributed by atoms with Crippen molar-refractivity contribution < 1.29 is 29.3 Å². The van der Waals surface area contributed by atoms with E-state index in [1.54, 1.807) is 0 Å². The van der Waals surface area contributed by atoms with Crippen molar-refractivity contribution in [2.75, 3.05) is 13.2 Å². The number of hydrogen-bond acceptors (Lipinski definition) is 5. The number of amides is 1. The van der Waals surface area contributed by atoms with Crippen molar-refractivity contribution in [2.24, 2.45) is 11.7 Å². The molecule has 0 spiro atoms. The molecule has 0 aromatic carbocycles. The minimum Gasteiger partial charge on any atom is -0.481 e. The Kier molecular flexibility index (Phi) is 5.05. The molecule has 18 heavy (non-hydrogen) atoms. The molecule has 1 aliphatic heterocycles. The van der Waals surface area contributed by atoms with Crippen molar-refractivity contribution in [1.29, 1.82) is 0 Å². The van der Waals surface area contributed by atoms with E-state index in [2.05, 4.69) is 5.32 Å². The lowest BCUT2D eigenvalue weighted by Crippen LogP contribution is -2.48. The van der Waals surface area contributed by atoms with Gasteiger partial charge in [-0.1, -0.05) is 0 Å². The van der Waals surface area contributed by atoms with E-state index in [-0.39, 0.29) is 26.1 Å². The molecule has 0 saturated carbocycles. The fraction of sp³-hybridized carbons (Fsp3) is 0.700. The molecule has 5 N–H and O–H groups in total. The number of nitrogens with one attached hydrogen (secondary N) is 1. The van der Waals surface area contributed by atoms with Crippen molar-refractivity contribution in [3.8, 4) is 0 Å². The van der Waals surface area contributed by atoms with Crippen LogP contribution in [-0.2, 0) is 19.1 Å². The normalized spacial score (nSPS) is 24.5. The van der Waals surface area contributed by atoms with E-state index < -0.39 is 35.8 Å². The van der Waals surface area contributed by atoms with Gasteiger partial charge in [0.1, 0.15) is 6.04 Å². The van der Waals surface area contributed by atoms with E-state index in [1.165, 1.54) is 0 Å². The number of ether oxygens (including phenoxy) is 1. The third kappa shape index (κ3) is 3.97. The molecule has 1 amide bonds. The molecule has 1 saturated heterocycles. The summed E-state index contributed by atoms with van der Waals surface area (Å²) in [5.41, 5.74) is 5.63. The summed E-state index contributed by atoms with van der Waals surface area (Å²) in [6, 6.07) is -1.68. The minimum atomic E-state index is -1.27. The van der Waals surface area contributed by atoms with Gasteiger partial charge in [-0.25, -0.2) is 4.79 Å². The first-order valence-electron chi connectivity index (χ1n) is 5.50. The van der Waals surface area contributed by atoms with Gasteiger partial charge in [-0.3, -0.25) is 9.59 Å².